The number of anilines is 1. The van der Waals surface area contributed by atoms with Crippen LogP contribution >= 0.6 is 0 Å². The molecule has 0 saturated heterocycles. The van der Waals surface area contributed by atoms with E-state index in [2.05, 4.69) is 10.1 Å². The molecule has 0 spiro atoms. The summed E-state index contributed by atoms with van der Waals surface area (Å²) in [6.45, 7) is 4.05. The first-order valence-electron chi connectivity index (χ1n) is 9.12. The molecule has 0 fully saturated rings. The number of carbonyl (C=O) groups is 1. The summed E-state index contributed by atoms with van der Waals surface area (Å²) in [7, 11) is 1.57. The average molecular weight is 395 g/mol. The van der Waals surface area contributed by atoms with Crippen molar-refractivity contribution >= 4 is 28.7 Å². The van der Waals surface area contributed by atoms with Crippen LogP contribution in [0.4, 0.5) is 5.95 Å². The lowest BCUT2D eigenvalue weighted by molar-refractivity contribution is -0.116. The Labute approximate surface area is 165 Å². The number of hydrazone groups is 1. The maximum atomic E-state index is 13.3. The van der Waals surface area contributed by atoms with E-state index in [9.17, 15) is 14.4 Å². The Kier molecular flexibility index (Phi) is 4.33. The van der Waals surface area contributed by atoms with Gasteiger partial charge >= 0.3 is 5.69 Å². The van der Waals surface area contributed by atoms with Gasteiger partial charge in [-0.3, -0.25) is 23.3 Å². The molecule has 0 unspecified atom stereocenters. The summed E-state index contributed by atoms with van der Waals surface area (Å²) in [6, 6.07) is 7.66. The zero-order valence-electron chi connectivity index (χ0n) is 16.4. The molecular formula is C19H21N7O3. The molecule has 0 bridgehead atoms. The highest BCUT2D eigenvalue weighted by Crippen LogP contribution is 2.23. The molecule has 10 heteroatoms. The van der Waals surface area contributed by atoms with Gasteiger partial charge in [-0.15, -0.1) is 0 Å². The number of carbonyl (C=O) groups excluding carboxylic acids is 1. The fourth-order valence-electron chi connectivity index (χ4n) is 3.60. The number of aromatic nitrogens is 4. The Hall–Kier alpha value is -3.69. The highest BCUT2D eigenvalue weighted by Gasteiger charge is 2.27. The van der Waals surface area contributed by atoms with Crippen LogP contribution in [0, 0.1) is 6.92 Å². The van der Waals surface area contributed by atoms with Crippen LogP contribution in [-0.4, -0.2) is 36.8 Å². The lowest BCUT2D eigenvalue weighted by Crippen LogP contribution is -2.40. The van der Waals surface area contributed by atoms with E-state index in [-0.39, 0.29) is 18.7 Å². The summed E-state index contributed by atoms with van der Waals surface area (Å²) in [4.78, 5) is 42.0. The van der Waals surface area contributed by atoms with Gasteiger partial charge in [-0.25, -0.2) is 9.80 Å². The molecule has 29 heavy (non-hydrogen) atoms. The number of hydrogen-bond acceptors (Lipinski definition) is 6. The summed E-state index contributed by atoms with van der Waals surface area (Å²) in [5.74, 6) is -0.266. The van der Waals surface area contributed by atoms with Crippen LogP contribution in [0.1, 0.15) is 18.1 Å². The van der Waals surface area contributed by atoms with Crippen LogP contribution in [0.5, 0.6) is 0 Å². The SMILES string of the molecule is CC1=NN(CC(N)=O)c2nc3c(c(=O)n(Cc4cccc(C)c4)c(=O)n3C)n2C1. The molecule has 1 aromatic carbocycles. The Bertz CT molecular complexity index is 1300. The predicted molar refractivity (Wildman–Crippen MR) is 109 cm³/mol. The summed E-state index contributed by atoms with van der Waals surface area (Å²) < 4.78 is 4.22. The second kappa shape index (κ2) is 6.73. The largest absolute Gasteiger partial charge is 0.368 e. The van der Waals surface area contributed by atoms with Gasteiger partial charge in [-0.05, 0) is 19.4 Å². The number of aryl methyl sites for hydroxylation is 2. The third-order valence-corrected chi connectivity index (χ3v) is 4.85. The first-order chi connectivity index (χ1) is 13.8. The Morgan fingerprint density at radius 3 is 2.69 bits per heavy atom. The van der Waals surface area contributed by atoms with Crippen molar-refractivity contribution in [1.29, 1.82) is 0 Å². The number of nitrogens with zero attached hydrogens (tertiary/aromatic N) is 6. The number of hydrogen-bond donors (Lipinski definition) is 1. The van der Waals surface area contributed by atoms with Gasteiger partial charge in [0.15, 0.2) is 11.2 Å². The van der Waals surface area contributed by atoms with Crippen molar-refractivity contribution in [1.82, 2.24) is 18.7 Å². The van der Waals surface area contributed by atoms with E-state index < -0.39 is 17.2 Å². The average Bonchev–Trinajstić information content (AvgIpc) is 3.03. The maximum absolute atomic E-state index is 13.3. The zero-order valence-corrected chi connectivity index (χ0v) is 16.4. The maximum Gasteiger partial charge on any atom is 0.332 e. The summed E-state index contributed by atoms with van der Waals surface area (Å²) in [6.07, 6.45) is 0. The van der Waals surface area contributed by atoms with E-state index in [1.165, 1.54) is 14.1 Å². The van der Waals surface area contributed by atoms with Crippen LogP contribution in [0.3, 0.4) is 0 Å². The van der Waals surface area contributed by atoms with Crippen molar-refractivity contribution in [2.75, 3.05) is 11.6 Å². The number of amides is 1. The van der Waals surface area contributed by atoms with Gasteiger partial charge < -0.3 is 5.73 Å². The molecule has 2 N–H and O–H groups in total. The molecule has 2 aromatic heterocycles. The minimum Gasteiger partial charge on any atom is -0.368 e. The molecule has 1 amide bonds. The Morgan fingerprint density at radius 2 is 2.00 bits per heavy atom. The summed E-state index contributed by atoms with van der Waals surface area (Å²) in [5, 5.41) is 5.67. The summed E-state index contributed by atoms with van der Waals surface area (Å²) >= 11 is 0. The standard InChI is InChI=1S/C19H21N7O3/c1-11-5-4-6-13(7-11)9-25-17(28)15-16(23(3)19(25)29)21-18-24(15)8-12(2)22-26(18)10-14(20)27/h4-7H,8-10H2,1-3H3,(H2,20,27). The van der Waals surface area contributed by atoms with Crippen LogP contribution in [0.15, 0.2) is 39.0 Å². The van der Waals surface area contributed by atoms with Gasteiger partial charge in [0, 0.05) is 7.05 Å². The molecule has 1 aliphatic rings. The molecule has 0 radical (unpaired) electrons. The van der Waals surface area contributed by atoms with Crippen molar-refractivity contribution in [3.05, 3.63) is 56.2 Å². The minimum absolute atomic E-state index is 0.154. The van der Waals surface area contributed by atoms with E-state index in [0.29, 0.717) is 23.7 Å². The van der Waals surface area contributed by atoms with Crippen LogP contribution in [0.2, 0.25) is 0 Å². The Balaban J connectivity index is 1.94. The topological polar surface area (TPSA) is 121 Å². The molecule has 3 heterocycles. The Morgan fingerprint density at radius 1 is 1.24 bits per heavy atom. The highest BCUT2D eigenvalue weighted by molar-refractivity contribution is 5.89. The number of fused-ring (bicyclic) bond motifs is 3. The molecule has 3 aromatic rings. The van der Waals surface area contributed by atoms with Crippen molar-refractivity contribution in [2.24, 2.45) is 17.9 Å². The van der Waals surface area contributed by atoms with Gasteiger partial charge in [-0.2, -0.15) is 10.1 Å². The number of nitrogens with two attached hydrogens (primary N) is 1. The quantitative estimate of drug-likeness (QED) is 0.663. The second-order valence-corrected chi connectivity index (χ2v) is 7.25. The van der Waals surface area contributed by atoms with E-state index >= 15 is 0 Å². The van der Waals surface area contributed by atoms with E-state index in [1.807, 2.05) is 31.2 Å². The van der Waals surface area contributed by atoms with Crippen molar-refractivity contribution in [3.8, 4) is 0 Å². The van der Waals surface area contributed by atoms with Crippen LogP contribution in [0.25, 0.3) is 11.2 Å². The first kappa shape index (κ1) is 18.7. The third kappa shape index (κ3) is 3.12. The van der Waals surface area contributed by atoms with Gasteiger partial charge in [0.2, 0.25) is 11.9 Å². The van der Waals surface area contributed by atoms with E-state index in [0.717, 1.165) is 11.1 Å². The molecule has 4 rings (SSSR count). The molecular weight excluding hydrogens is 374 g/mol. The summed E-state index contributed by atoms with van der Waals surface area (Å²) in [5.41, 5.74) is 7.55. The van der Waals surface area contributed by atoms with Crippen molar-refractivity contribution in [3.63, 3.8) is 0 Å². The van der Waals surface area contributed by atoms with Gasteiger partial charge in [-0.1, -0.05) is 29.8 Å². The molecule has 0 atom stereocenters. The molecule has 10 nitrogen and oxygen atoms in total. The lowest BCUT2D eigenvalue weighted by atomic mass is 10.1. The van der Waals surface area contributed by atoms with E-state index in [1.54, 1.807) is 18.5 Å². The highest BCUT2D eigenvalue weighted by atomic mass is 16.2. The van der Waals surface area contributed by atoms with E-state index in [4.69, 9.17) is 5.73 Å². The monoisotopic (exact) mass is 395 g/mol. The van der Waals surface area contributed by atoms with Gasteiger partial charge in [0.25, 0.3) is 5.56 Å². The molecule has 0 saturated carbocycles. The zero-order chi connectivity index (χ0) is 20.9. The number of rotatable bonds is 4. The number of imidazole rings is 1. The van der Waals surface area contributed by atoms with Crippen molar-refractivity contribution in [2.45, 2.75) is 26.9 Å². The molecule has 0 aliphatic carbocycles. The third-order valence-electron chi connectivity index (χ3n) is 4.85. The number of benzene rings is 1. The number of primary amides is 1. The first-order valence-corrected chi connectivity index (χ1v) is 9.12. The lowest BCUT2D eigenvalue weighted by Gasteiger charge is -2.23. The van der Waals surface area contributed by atoms with Gasteiger partial charge in [0.1, 0.15) is 6.54 Å². The fourth-order valence-corrected chi connectivity index (χ4v) is 3.60. The van der Waals surface area contributed by atoms with Crippen LogP contribution in [-0.2, 0) is 24.9 Å². The predicted octanol–water partition coefficient (Wildman–Crippen LogP) is -0.0654. The second-order valence-electron chi connectivity index (χ2n) is 7.25. The fraction of sp³-hybridized carbons (Fsp3) is 0.316. The molecule has 1 aliphatic heterocycles. The normalized spacial score (nSPS) is 13.5. The van der Waals surface area contributed by atoms with Crippen molar-refractivity contribution < 1.29 is 4.79 Å². The van der Waals surface area contributed by atoms with Gasteiger partial charge in [0.05, 0.1) is 18.8 Å². The smallest absolute Gasteiger partial charge is 0.332 e. The minimum atomic E-state index is -0.576. The molecule has 150 valence electrons. The van der Waals surface area contributed by atoms with Crippen LogP contribution < -0.4 is 22.0 Å².